The first kappa shape index (κ1) is 14.7. The van der Waals surface area contributed by atoms with E-state index in [4.69, 9.17) is 16.7 Å². The highest BCUT2D eigenvalue weighted by Gasteiger charge is 2.30. The van der Waals surface area contributed by atoms with Gasteiger partial charge in [-0.1, -0.05) is 24.4 Å². The van der Waals surface area contributed by atoms with E-state index in [-0.39, 0.29) is 16.8 Å². The van der Waals surface area contributed by atoms with Crippen LogP contribution in [0.2, 0.25) is 5.02 Å². The molecule has 0 aliphatic heterocycles. The molecule has 108 valence electrons. The lowest BCUT2D eigenvalue weighted by Gasteiger charge is -2.25. The van der Waals surface area contributed by atoms with E-state index in [9.17, 15) is 9.59 Å². The highest BCUT2D eigenvalue weighted by Crippen LogP contribution is 2.29. The van der Waals surface area contributed by atoms with Crippen LogP contribution in [0, 0.1) is 0 Å². The zero-order chi connectivity index (χ0) is 14.8. The van der Waals surface area contributed by atoms with Gasteiger partial charge in [-0.15, -0.1) is 0 Å². The number of nitrogens with one attached hydrogen (secondary N) is 2. The summed E-state index contributed by atoms with van der Waals surface area (Å²) in [6.07, 6.45) is 4.05. The maximum absolute atomic E-state index is 12.0. The molecule has 0 spiro atoms. The van der Waals surface area contributed by atoms with Gasteiger partial charge in [0.15, 0.2) is 0 Å². The lowest BCUT2D eigenvalue weighted by Crippen LogP contribution is -2.45. The largest absolute Gasteiger partial charge is 0.478 e. The molecule has 1 aromatic rings. The van der Waals surface area contributed by atoms with Crippen molar-refractivity contribution in [3.05, 3.63) is 28.8 Å². The Morgan fingerprint density at radius 3 is 2.55 bits per heavy atom. The SMILES string of the molecule is CC1(NC(=O)Nc2cc(Cl)ccc2C(=O)O)CCCC1. The normalized spacial score (nSPS) is 16.7. The molecule has 1 aliphatic rings. The molecule has 20 heavy (non-hydrogen) atoms. The van der Waals surface area contributed by atoms with Gasteiger partial charge >= 0.3 is 12.0 Å². The Kier molecular flexibility index (Phi) is 4.18. The zero-order valence-electron chi connectivity index (χ0n) is 11.2. The van der Waals surface area contributed by atoms with E-state index in [1.165, 1.54) is 18.2 Å². The van der Waals surface area contributed by atoms with E-state index in [0.717, 1.165) is 25.7 Å². The zero-order valence-corrected chi connectivity index (χ0v) is 12.0. The van der Waals surface area contributed by atoms with E-state index >= 15 is 0 Å². The molecule has 2 rings (SSSR count). The number of benzene rings is 1. The van der Waals surface area contributed by atoms with Crippen molar-refractivity contribution in [1.29, 1.82) is 0 Å². The minimum Gasteiger partial charge on any atom is -0.478 e. The van der Waals surface area contributed by atoms with Crippen LogP contribution >= 0.6 is 11.6 Å². The smallest absolute Gasteiger partial charge is 0.337 e. The molecule has 0 atom stereocenters. The van der Waals surface area contributed by atoms with E-state index in [1.54, 1.807) is 0 Å². The number of carboxylic acid groups (broad SMARTS) is 1. The van der Waals surface area contributed by atoms with Crippen LogP contribution in [0.4, 0.5) is 10.5 Å². The summed E-state index contributed by atoms with van der Waals surface area (Å²) in [7, 11) is 0. The van der Waals surface area contributed by atoms with Gasteiger partial charge in [-0.2, -0.15) is 0 Å². The van der Waals surface area contributed by atoms with Gasteiger partial charge in [0.2, 0.25) is 0 Å². The molecule has 0 radical (unpaired) electrons. The minimum atomic E-state index is -1.11. The molecule has 2 amide bonds. The Labute approximate surface area is 122 Å². The molecule has 0 unspecified atom stereocenters. The number of aromatic carboxylic acids is 1. The standard InChI is InChI=1S/C14H17ClN2O3/c1-14(6-2-3-7-14)17-13(20)16-11-8-9(15)4-5-10(11)12(18)19/h4-5,8H,2-3,6-7H2,1H3,(H,18,19)(H2,16,17,20). The number of amides is 2. The van der Waals surface area contributed by atoms with Crippen molar-refractivity contribution in [2.24, 2.45) is 0 Å². The van der Waals surface area contributed by atoms with Crippen molar-refractivity contribution >= 4 is 29.3 Å². The fourth-order valence-electron chi connectivity index (χ4n) is 2.51. The number of hydrogen-bond acceptors (Lipinski definition) is 2. The summed E-state index contributed by atoms with van der Waals surface area (Å²) in [5, 5.41) is 14.9. The van der Waals surface area contributed by atoms with Crippen LogP contribution in [0.1, 0.15) is 43.0 Å². The van der Waals surface area contributed by atoms with Gasteiger partial charge in [-0.25, -0.2) is 9.59 Å². The van der Waals surface area contributed by atoms with Gasteiger partial charge in [0.25, 0.3) is 0 Å². The molecule has 0 saturated heterocycles. The van der Waals surface area contributed by atoms with Crippen LogP contribution in [0.25, 0.3) is 0 Å². The lowest BCUT2D eigenvalue weighted by atomic mass is 10.0. The van der Waals surface area contributed by atoms with Crippen LogP contribution in [0.15, 0.2) is 18.2 Å². The molecule has 1 fully saturated rings. The summed E-state index contributed by atoms with van der Waals surface area (Å²) >= 11 is 5.84. The Morgan fingerprint density at radius 1 is 1.30 bits per heavy atom. The second-order valence-electron chi connectivity index (χ2n) is 5.34. The molecule has 1 aliphatic carbocycles. The molecule has 3 N–H and O–H groups in total. The van der Waals surface area contributed by atoms with Crippen LogP contribution in [-0.4, -0.2) is 22.6 Å². The fourth-order valence-corrected chi connectivity index (χ4v) is 2.69. The van der Waals surface area contributed by atoms with Gasteiger partial charge in [0, 0.05) is 10.6 Å². The van der Waals surface area contributed by atoms with Crippen molar-refractivity contribution in [2.75, 3.05) is 5.32 Å². The molecule has 6 heteroatoms. The summed E-state index contributed by atoms with van der Waals surface area (Å²) in [6.45, 7) is 2.00. The molecule has 0 aromatic heterocycles. The van der Waals surface area contributed by atoms with E-state index in [0.29, 0.717) is 5.02 Å². The van der Waals surface area contributed by atoms with Crippen molar-refractivity contribution in [2.45, 2.75) is 38.1 Å². The third-order valence-corrected chi connectivity index (χ3v) is 3.82. The van der Waals surface area contributed by atoms with Crippen molar-refractivity contribution in [3.8, 4) is 0 Å². The Balaban J connectivity index is 2.11. The molecule has 5 nitrogen and oxygen atoms in total. The van der Waals surface area contributed by atoms with E-state index in [1.807, 2.05) is 6.92 Å². The number of carbonyl (C=O) groups excluding carboxylic acids is 1. The number of urea groups is 1. The third-order valence-electron chi connectivity index (χ3n) is 3.58. The van der Waals surface area contributed by atoms with Crippen LogP contribution in [-0.2, 0) is 0 Å². The highest BCUT2D eigenvalue weighted by molar-refractivity contribution is 6.31. The van der Waals surface area contributed by atoms with Crippen molar-refractivity contribution in [1.82, 2.24) is 5.32 Å². The Bertz CT molecular complexity index is 539. The van der Waals surface area contributed by atoms with Gasteiger partial charge < -0.3 is 15.7 Å². The van der Waals surface area contributed by atoms with Crippen molar-refractivity contribution < 1.29 is 14.7 Å². The first-order valence-electron chi connectivity index (χ1n) is 6.52. The molecule has 1 saturated carbocycles. The molecule has 0 bridgehead atoms. The summed E-state index contributed by atoms with van der Waals surface area (Å²) in [5.74, 6) is -1.11. The van der Waals surface area contributed by atoms with Crippen molar-refractivity contribution in [3.63, 3.8) is 0 Å². The fraction of sp³-hybridized carbons (Fsp3) is 0.429. The first-order chi connectivity index (χ1) is 9.39. The highest BCUT2D eigenvalue weighted by atomic mass is 35.5. The number of anilines is 1. The second-order valence-corrected chi connectivity index (χ2v) is 5.78. The average Bonchev–Trinajstić information content (AvgIpc) is 2.74. The van der Waals surface area contributed by atoms with Gasteiger partial charge in [-0.3, -0.25) is 0 Å². The minimum absolute atomic E-state index is 0.0149. The van der Waals surface area contributed by atoms with Crippen LogP contribution in [0.5, 0.6) is 0 Å². The maximum Gasteiger partial charge on any atom is 0.337 e. The van der Waals surface area contributed by atoms with E-state index in [2.05, 4.69) is 10.6 Å². The number of carboxylic acids is 1. The predicted molar refractivity (Wildman–Crippen MR) is 77.4 cm³/mol. The number of carbonyl (C=O) groups is 2. The quantitative estimate of drug-likeness (QED) is 0.799. The summed E-state index contributed by atoms with van der Waals surface area (Å²) in [5.41, 5.74) is -0.00306. The average molecular weight is 297 g/mol. The van der Waals surface area contributed by atoms with Crippen LogP contribution < -0.4 is 10.6 Å². The van der Waals surface area contributed by atoms with Gasteiger partial charge in [0.05, 0.1) is 11.3 Å². The van der Waals surface area contributed by atoms with E-state index < -0.39 is 12.0 Å². The number of halogens is 1. The molecular weight excluding hydrogens is 280 g/mol. The second kappa shape index (κ2) is 5.71. The number of hydrogen-bond donors (Lipinski definition) is 3. The summed E-state index contributed by atoms with van der Waals surface area (Å²) in [4.78, 5) is 23.1. The Hall–Kier alpha value is -1.75. The first-order valence-corrected chi connectivity index (χ1v) is 6.89. The predicted octanol–water partition coefficient (Wildman–Crippen LogP) is 3.49. The number of rotatable bonds is 3. The topological polar surface area (TPSA) is 78.4 Å². The van der Waals surface area contributed by atoms with Gasteiger partial charge in [-0.05, 0) is 38.0 Å². The Morgan fingerprint density at radius 2 is 1.95 bits per heavy atom. The van der Waals surface area contributed by atoms with Gasteiger partial charge in [0.1, 0.15) is 0 Å². The lowest BCUT2D eigenvalue weighted by molar-refractivity contribution is 0.0698. The van der Waals surface area contributed by atoms with Crippen LogP contribution in [0.3, 0.4) is 0 Å². The molecular formula is C14H17ClN2O3. The summed E-state index contributed by atoms with van der Waals surface area (Å²) < 4.78 is 0. The summed E-state index contributed by atoms with van der Waals surface area (Å²) in [6, 6.07) is 3.88. The maximum atomic E-state index is 12.0. The third kappa shape index (κ3) is 3.42. The molecule has 0 heterocycles. The monoisotopic (exact) mass is 296 g/mol. The molecule has 1 aromatic carbocycles.